The van der Waals surface area contributed by atoms with Crippen molar-refractivity contribution in [3.05, 3.63) is 22.6 Å². The Morgan fingerprint density at radius 1 is 1.53 bits per heavy atom. The van der Waals surface area contributed by atoms with Crippen LogP contribution in [0.5, 0.6) is 0 Å². The number of rotatable bonds is 5. The fourth-order valence-corrected chi connectivity index (χ4v) is 1.80. The molecule has 0 saturated carbocycles. The van der Waals surface area contributed by atoms with Crippen LogP contribution in [0.25, 0.3) is 0 Å². The van der Waals surface area contributed by atoms with Crippen molar-refractivity contribution in [2.75, 3.05) is 18.4 Å². The van der Waals surface area contributed by atoms with Crippen molar-refractivity contribution in [2.45, 2.75) is 13.3 Å². The molecular formula is C10H13Br2NO2. The fraction of sp³-hybridized carbons (Fsp3) is 0.500. The maximum Gasteiger partial charge on any atom is 0.289 e. The minimum atomic E-state index is -0.0517. The molecule has 0 N–H and O–H groups in total. The van der Waals surface area contributed by atoms with Gasteiger partial charge in [-0.25, -0.2) is 0 Å². The molecule has 0 aliphatic heterocycles. The fourth-order valence-electron chi connectivity index (χ4n) is 1.24. The zero-order valence-electron chi connectivity index (χ0n) is 8.50. The first-order valence-corrected chi connectivity index (χ1v) is 6.71. The summed E-state index contributed by atoms with van der Waals surface area (Å²) in [5, 5.41) is 0.901. The third-order valence-corrected chi connectivity index (χ3v) is 3.00. The van der Waals surface area contributed by atoms with E-state index in [2.05, 4.69) is 31.9 Å². The molecule has 1 heterocycles. The SMILES string of the molecule is CCN(CCCBr)C(=O)c1ccc(Br)o1. The Balaban J connectivity index is 2.64. The second-order valence-corrected chi connectivity index (χ2v) is 4.61. The number of hydrogen-bond donors (Lipinski definition) is 0. The number of halogens is 2. The summed E-state index contributed by atoms with van der Waals surface area (Å²) < 4.78 is 5.81. The van der Waals surface area contributed by atoms with Crippen LogP contribution in [0, 0.1) is 0 Å². The molecule has 1 aromatic rings. The molecule has 0 fully saturated rings. The van der Waals surface area contributed by atoms with Crippen LogP contribution in [0.4, 0.5) is 0 Å². The predicted molar refractivity (Wildman–Crippen MR) is 66.4 cm³/mol. The maximum absolute atomic E-state index is 11.9. The Morgan fingerprint density at radius 2 is 2.27 bits per heavy atom. The van der Waals surface area contributed by atoms with Gasteiger partial charge >= 0.3 is 0 Å². The van der Waals surface area contributed by atoms with Crippen LogP contribution >= 0.6 is 31.9 Å². The van der Waals surface area contributed by atoms with E-state index in [4.69, 9.17) is 4.42 Å². The molecule has 0 radical (unpaired) electrons. The maximum atomic E-state index is 11.9. The molecule has 1 rings (SSSR count). The van der Waals surface area contributed by atoms with E-state index in [0.717, 1.165) is 18.3 Å². The number of carbonyl (C=O) groups is 1. The van der Waals surface area contributed by atoms with Crippen molar-refractivity contribution in [2.24, 2.45) is 0 Å². The van der Waals surface area contributed by atoms with Crippen molar-refractivity contribution in [1.29, 1.82) is 0 Å². The minimum absolute atomic E-state index is 0.0517. The van der Waals surface area contributed by atoms with Crippen molar-refractivity contribution < 1.29 is 9.21 Å². The lowest BCUT2D eigenvalue weighted by Crippen LogP contribution is -2.31. The second-order valence-electron chi connectivity index (χ2n) is 3.03. The van der Waals surface area contributed by atoms with Crippen LogP contribution in [0.2, 0.25) is 0 Å². The Morgan fingerprint density at radius 3 is 2.73 bits per heavy atom. The Kier molecular flexibility index (Phi) is 5.39. The lowest BCUT2D eigenvalue weighted by atomic mass is 10.3. The number of hydrogen-bond acceptors (Lipinski definition) is 2. The molecule has 0 atom stereocenters. The smallest absolute Gasteiger partial charge is 0.289 e. The number of amides is 1. The highest BCUT2D eigenvalue weighted by atomic mass is 79.9. The number of nitrogens with zero attached hydrogens (tertiary/aromatic N) is 1. The summed E-state index contributed by atoms with van der Waals surface area (Å²) in [6.07, 6.45) is 0.946. The molecule has 0 bridgehead atoms. The van der Waals surface area contributed by atoms with Gasteiger partial charge in [-0.15, -0.1) is 0 Å². The highest BCUT2D eigenvalue weighted by Crippen LogP contribution is 2.15. The van der Waals surface area contributed by atoms with E-state index in [0.29, 0.717) is 17.0 Å². The molecular weight excluding hydrogens is 326 g/mol. The average Bonchev–Trinajstić information content (AvgIpc) is 2.65. The van der Waals surface area contributed by atoms with Gasteiger partial charge in [0, 0.05) is 18.4 Å². The number of alkyl halides is 1. The van der Waals surface area contributed by atoms with Gasteiger partial charge in [-0.2, -0.15) is 0 Å². The Hall–Kier alpha value is -0.290. The summed E-state index contributed by atoms with van der Waals surface area (Å²) in [5.41, 5.74) is 0. The van der Waals surface area contributed by atoms with Crippen LogP contribution in [0.3, 0.4) is 0 Å². The van der Waals surface area contributed by atoms with E-state index in [1.54, 1.807) is 17.0 Å². The summed E-state index contributed by atoms with van der Waals surface area (Å²) in [6.45, 7) is 3.41. The Bertz CT molecular complexity index is 325. The van der Waals surface area contributed by atoms with E-state index < -0.39 is 0 Å². The number of furan rings is 1. The summed E-state index contributed by atoms with van der Waals surface area (Å²) in [6, 6.07) is 3.41. The van der Waals surface area contributed by atoms with Crippen LogP contribution in [0.1, 0.15) is 23.9 Å². The van der Waals surface area contributed by atoms with Crippen molar-refractivity contribution in [3.63, 3.8) is 0 Å². The summed E-state index contributed by atoms with van der Waals surface area (Å²) in [4.78, 5) is 13.7. The highest BCUT2D eigenvalue weighted by Gasteiger charge is 2.16. The first-order valence-electron chi connectivity index (χ1n) is 4.79. The quantitative estimate of drug-likeness (QED) is 0.772. The van der Waals surface area contributed by atoms with Crippen molar-refractivity contribution in [3.8, 4) is 0 Å². The summed E-state index contributed by atoms with van der Waals surface area (Å²) in [5.74, 6) is 0.336. The van der Waals surface area contributed by atoms with E-state index in [1.807, 2.05) is 6.92 Å². The normalized spacial score (nSPS) is 10.3. The van der Waals surface area contributed by atoms with E-state index in [9.17, 15) is 4.79 Å². The van der Waals surface area contributed by atoms with Gasteiger partial charge in [-0.1, -0.05) is 15.9 Å². The van der Waals surface area contributed by atoms with Gasteiger partial charge in [0.15, 0.2) is 10.4 Å². The van der Waals surface area contributed by atoms with E-state index >= 15 is 0 Å². The zero-order valence-corrected chi connectivity index (χ0v) is 11.7. The van der Waals surface area contributed by atoms with Gasteiger partial charge in [0.2, 0.25) is 0 Å². The summed E-state index contributed by atoms with van der Waals surface area (Å²) >= 11 is 6.53. The molecule has 0 aromatic carbocycles. The average molecular weight is 339 g/mol. The third-order valence-electron chi connectivity index (χ3n) is 2.01. The monoisotopic (exact) mass is 337 g/mol. The number of carbonyl (C=O) groups excluding carboxylic acids is 1. The molecule has 0 aliphatic carbocycles. The molecule has 0 aliphatic rings. The topological polar surface area (TPSA) is 33.5 Å². The molecule has 84 valence electrons. The standard InChI is InChI=1S/C10H13Br2NO2/c1-2-13(7-3-6-11)10(14)8-4-5-9(12)15-8/h4-5H,2-3,6-7H2,1H3. The highest BCUT2D eigenvalue weighted by molar-refractivity contribution is 9.10. The molecule has 0 unspecified atom stereocenters. The largest absolute Gasteiger partial charge is 0.444 e. The van der Waals surface area contributed by atoms with Crippen molar-refractivity contribution >= 4 is 37.8 Å². The predicted octanol–water partition coefficient (Wildman–Crippen LogP) is 3.29. The van der Waals surface area contributed by atoms with Crippen LogP contribution in [-0.2, 0) is 0 Å². The van der Waals surface area contributed by atoms with Gasteiger partial charge in [0.05, 0.1) is 0 Å². The molecule has 3 nitrogen and oxygen atoms in total. The first kappa shape index (κ1) is 12.8. The van der Waals surface area contributed by atoms with Crippen LogP contribution in [-0.4, -0.2) is 29.2 Å². The zero-order chi connectivity index (χ0) is 11.3. The lowest BCUT2D eigenvalue weighted by molar-refractivity contribution is 0.0731. The summed E-state index contributed by atoms with van der Waals surface area (Å²) in [7, 11) is 0. The second kappa shape index (κ2) is 6.33. The molecule has 0 saturated heterocycles. The van der Waals surface area contributed by atoms with Gasteiger partial charge in [0.25, 0.3) is 5.91 Å². The van der Waals surface area contributed by atoms with Crippen molar-refractivity contribution in [1.82, 2.24) is 4.90 Å². The Labute approximate surface area is 106 Å². The van der Waals surface area contributed by atoms with E-state index in [-0.39, 0.29) is 5.91 Å². The van der Waals surface area contributed by atoms with E-state index in [1.165, 1.54) is 0 Å². The first-order chi connectivity index (χ1) is 7.19. The van der Waals surface area contributed by atoms with Crippen LogP contribution < -0.4 is 0 Å². The molecule has 0 spiro atoms. The molecule has 1 aromatic heterocycles. The molecule has 15 heavy (non-hydrogen) atoms. The van der Waals surface area contributed by atoms with Gasteiger partial charge in [-0.3, -0.25) is 4.79 Å². The van der Waals surface area contributed by atoms with Gasteiger partial charge in [-0.05, 0) is 41.4 Å². The minimum Gasteiger partial charge on any atom is -0.444 e. The van der Waals surface area contributed by atoms with Gasteiger partial charge < -0.3 is 9.32 Å². The third kappa shape index (κ3) is 3.65. The lowest BCUT2D eigenvalue weighted by Gasteiger charge is -2.18. The molecule has 5 heteroatoms. The molecule has 1 amide bonds. The van der Waals surface area contributed by atoms with Gasteiger partial charge in [0.1, 0.15) is 0 Å². The van der Waals surface area contributed by atoms with Crippen LogP contribution in [0.15, 0.2) is 21.2 Å².